The number of rotatable bonds is 6. The standard InChI is InChI=1S/C29H20INO5S/c1-35-25-15-19(16-26-27(32)31(29(34)37-26)17-18-9-12-21(30)13-10-18)11-14-24(25)36-28(33)23-8-4-6-20-5-2-3-7-22(20)23/h2-16H,17H2,1H3/b26-16-. The molecule has 4 aromatic carbocycles. The van der Waals surface area contributed by atoms with Crippen LogP contribution in [0.2, 0.25) is 0 Å². The lowest BCUT2D eigenvalue weighted by Crippen LogP contribution is -2.27. The number of thioether (sulfide) groups is 1. The van der Waals surface area contributed by atoms with Crippen LogP contribution in [0.25, 0.3) is 16.8 Å². The zero-order valence-electron chi connectivity index (χ0n) is 19.6. The number of amides is 2. The van der Waals surface area contributed by atoms with Crippen LogP contribution in [0.5, 0.6) is 11.5 Å². The summed E-state index contributed by atoms with van der Waals surface area (Å²) in [4.78, 5) is 40.0. The molecule has 1 heterocycles. The highest BCUT2D eigenvalue weighted by Crippen LogP contribution is 2.35. The van der Waals surface area contributed by atoms with Gasteiger partial charge in [-0.25, -0.2) is 4.79 Å². The minimum Gasteiger partial charge on any atom is -0.493 e. The molecule has 0 radical (unpaired) electrons. The molecule has 1 saturated heterocycles. The molecule has 0 N–H and O–H groups in total. The third kappa shape index (κ3) is 5.40. The van der Waals surface area contributed by atoms with E-state index in [4.69, 9.17) is 9.47 Å². The molecule has 0 aliphatic carbocycles. The fourth-order valence-electron chi connectivity index (χ4n) is 3.98. The molecule has 0 saturated carbocycles. The van der Waals surface area contributed by atoms with Gasteiger partial charge in [-0.3, -0.25) is 14.5 Å². The molecule has 37 heavy (non-hydrogen) atoms. The summed E-state index contributed by atoms with van der Waals surface area (Å²) in [6, 6.07) is 25.7. The van der Waals surface area contributed by atoms with Gasteiger partial charge in [-0.1, -0.05) is 54.6 Å². The highest BCUT2D eigenvalue weighted by Gasteiger charge is 2.35. The summed E-state index contributed by atoms with van der Waals surface area (Å²) in [5.41, 5.74) is 1.97. The first-order chi connectivity index (χ1) is 17.9. The molecule has 184 valence electrons. The Morgan fingerprint density at radius 1 is 0.946 bits per heavy atom. The predicted octanol–water partition coefficient (Wildman–Crippen LogP) is 6.91. The molecule has 1 aliphatic heterocycles. The lowest BCUT2D eigenvalue weighted by Gasteiger charge is -2.12. The molecule has 0 bridgehead atoms. The van der Waals surface area contributed by atoms with E-state index in [0.717, 1.165) is 31.7 Å². The van der Waals surface area contributed by atoms with Gasteiger partial charge in [0.25, 0.3) is 11.1 Å². The molecule has 0 aromatic heterocycles. The van der Waals surface area contributed by atoms with Crippen molar-refractivity contribution in [2.24, 2.45) is 0 Å². The van der Waals surface area contributed by atoms with Crippen molar-refractivity contribution in [2.75, 3.05) is 7.11 Å². The first-order valence-electron chi connectivity index (χ1n) is 11.3. The number of hydrogen-bond donors (Lipinski definition) is 0. The van der Waals surface area contributed by atoms with E-state index in [1.54, 1.807) is 30.3 Å². The number of esters is 1. The molecule has 1 aliphatic rings. The maximum Gasteiger partial charge on any atom is 0.344 e. The Morgan fingerprint density at radius 3 is 2.49 bits per heavy atom. The Hall–Kier alpha value is -3.63. The van der Waals surface area contributed by atoms with Crippen molar-refractivity contribution in [1.29, 1.82) is 0 Å². The van der Waals surface area contributed by atoms with Crippen molar-refractivity contribution in [3.8, 4) is 11.5 Å². The number of imide groups is 1. The summed E-state index contributed by atoms with van der Waals surface area (Å²) in [5.74, 6) is -0.261. The van der Waals surface area contributed by atoms with Crippen LogP contribution in [0.4, 0.5) is 4.79 Å². The largest absolute Gasteiger partial charge is 0.493 e. The van der Waals surface area contributed by atoms with Crippen molar-refractivity contribution in [3.05, 3.63) is 110 Å². The number of ether oxygens (including phenoxy) is 2. The Balaban J connectivity index is 1.35. The maximum atomic E-state index is 13.0. The molecule has 0 unspecified atom stereocenters. The second kappa shape index (κ2) is 10.8. The van der Waals surface area contributed by atoms with E-state index in [0.29, 0.717) is 21.8 Å². The van der Waals surface area contributed by atoms with Crippen LogP contribution in [-0.2, 0) is 11.3 Å². The molecule has 1 fully saturated rings. The fraction of sp³-hybridized carbons (Fsp3) is 0.0690. The molecule has 0 atom stereocenters. The zero-order chi connectivity index (χ0) is 25.9. The topological polar surface area (TPSA) is 72.9 Å². The molecule has 0 spiro atoms. The van der Waals surface area contributed by atoms with E-state index < -0.39 is 5.97 Å². The normalized spacial score (nSPS) is 14.4. The first-order valence-corrected chi connectivity index (χ1v) is 13.2. The number of hydrogen-bond acceptors (Lipinski definition) is 6. The fourth-order valence-corrected chi connectivity index (χ4v) is 5.17. The number of methoxy groups -OCH3 is 1. The molecular weight excluding hydrogens is 601 g/mol. The van der Waals surface area contributed by atoms with Gasteiger partial charge in [0.1, 0.15) is 0 Å². The summed E-state index contributed by atoms with van der Waals surface area (Å²) < 4.78 is 12.2. The van der Waals surface area contributed by atoms with Gasteiger partial charge in [0.2, 0.25) is 0 Å². The van der Waals surface area contributed by atoms with Crippen LogP contribution in [0, 0.1) is 3.57 Å². The van der Waals surface area contributed by atoms with Gasteiger partial charge < -0.3 is 9.47 Å². The third-order valence-corrected chi connectivity index (χ3v) is 7.45. The van der Waals surface area contributed by atoms with Crippen molar-refractivity contribution in [1.82, 2.24) is 4.90 Å². The third-order valence-electron chi connectivity index (χ3n) is 5.83. The lowest BCUT2D eigenvalue weighted by molar-refractivity contribution is -0.123. The molecule has 2 amide bonds. The average Bonchev–Trinajstić information content (AvgIpc) is 3.17. The van der Waals surface area contributed by atoms with Gasteiger partial charge in [-0.05, 0) is 92.7 Å². The second-order valence-electron chi connectivity index (χ2n) is 8.22. The van der Waals surface area contributed by atoms with Crippen LogP contribution in [0.15, 0.2) is 89.8 Å². The minimum absolute atomic E-state index is 0.214. The van der Waals surface area contributed by atoms with Crippen molar-refractivity contribution < 1.29 is 23.9 Å². The highest BCUT2D eigenvalue weighted by atomic mass is 127. The lowest BCUT2D eigenvalue weighted by atomic mass is 10.0. The molecule has 8 heteroatoms. The van der Waals surface area contributed by atoms with Crippen LogP contribution in [0.3, 0.4) is 0 Å². The van der Waals surface area contributed by atoms with E-state index in [1.807, 2.05) is 60.7 Å². The summed E-state index contributed by atoms with van der Waals surface area (Å²) in [5, 5.41) is 1.42. The Kier molecular flexibility index (Phi) is 7.29. The summed E-state index contributed by atoms with van der Waals surface area (Å²) >= 11 is 3.10. The Morgan fingerprint density at radius 2 is 1.70 bits per heavy atom. The monoisotopic (exact) mass is 621 g/mol. The number of carbonyl (C=O) groups is 3. The minimum atomic E-state index is -0.500. The molecular formula is C29H20INO5S. The van der Waals surface area contributed by atoms with Gasteiger partial charge >= 0.3 is 5.97 Å². The maximum absolute atomic E-state index is 13.0. The van der Waals surface area contributed by atoms with Gasteiger partial charge in [-0.15, -0.1) is 0 Å². The smallest absolute Gasteiger partial charge is 0.344 e. The first kappa shape index (κ1) is 25.0. The van der Waals surface area contributed by atoms with Crippen molar-refractivity contribution in [3.63, 3.8) is 0 Å². The Labute approximate surface area is 231 Å². The summed E-state index contributed by atoms with van der Waals surface area (Å²) in [6.45, 7) is 0.214. The van der Waals surface area contributed by atoms with Crippen LogP contribution < -0.4 is 9.47 Å². The van der Waals surface area contributed by atoms with E-state index in [-0.39, 0.29) is 23.4 Å². The van der Waals surface area contributed by atoms with E-state index in [1.165, 1.54) is 12.0 Å². The number of carbonyl (C=O) groups excluding carboxylic acids is 3. The number of halogens is 1. The van der Waals surface area contributed by atoms with Gasteiger partial charge in [-0.2, -0.15) is 0 Å². The number of nitrogens with zero attached hydrogens (tertiary/aromatic N) is 1. The van der Waals surface area contributed by atoms with Crippen molar-refractivity contribution >= 4 is 68.3 Å². The van der Waals surface area contributed by atoms with Crippen LogP contribution in [-0.4, -0.2) is 29.1 Å². The second-order valence-corrected chi connectivity index (χ2v) is 10.5. The number of fused-ring (bicyclic) bond motifs is 1. The van der Waals surface area contributed by atoms with E-state index in [2.05, 4.69) is 22.6 Å². The average molecular weight is 621 g/mol. The van der Waals surface area contributed by atoms with Gasteiger partial charge in [0.05, 0.1) is 24.1 Å². The Bertz CT molecular complexity index is 1560. The molecule has 4 aromatic rings. The molecule has 5 rings (SSSR count). The van der Waals surface area contributed by atoms with Gasteiger partial charge in [0.15, 0.2) is 11.5 Å². The van der Waals surface area contributed by atoms with E-state index >= 15 is 0 Å². The summed E-state index contributed by atoms with van der Waals surface area (Å²) in [6.07, 6.45) is 1.64. The number of benzene rings is 4. The van der Waals surface area contributed by atoms with Gasteiger partial charge in [0, 0.05) is 3.57 Å². The van der Waals surface area contributed by atoms with Crippen LogP contribution in [0.1, 0.15) is 21.5 Å². The van der Waals surface area contributed by atoms with E-state index in [9.17, 15) is 14.4 Å². The highest BCUT2D eigenvalue weighted by molar-refractivity contribution is 14.1. The summed E-state index contributed by atoms with van der Waals surface area (Å²) in [7, 11) is 1.48. The SMILES string of the molecule is COc1cc(/C=C2\SC(=O)N(Cc3ccc(I)cc3)C2=O)ccc1OC(=O)c1cccc2ccccc12. The predicted molar refractivity (Wildman–Crippen MR) is 153 cm³/mol. The van der Waals surface area contributed by atoms with Crippen molar-refractivity contribution in [2.45, 2.75) is 6.54 Å². The quantitative estimate of drug-likeness (QED) is 0.101. The zero-order valence-corrected chi connectivity index (χ0v) is 22.6. The van der Waals surface area contributed by atoms with Crippen LogP contribution >= 0.6 is 34.4 Å². The molecule has 6 nitrogen and oxygen atoms in total.